The van der Waals surface area contributed by atoms with Gasteiger partial charge in [0, 0.05) is 11.8 Å². The summed E-state index contributed by atoms with van der Waals surface area (Å²) in [7, 11) is -4.18. The first kappa shape index (κ1) is 22.9. The Morgan fingerprint density at radius 3 is 2.28 bits per heavy atom. The van der Waals surface area contributed by atoms with E-state index in [0.29, 0.717) is 12.1 Å². The van der Waals surface area contributed by atoms with Crippen LogP contribution in [-0.2, 0) is 9.84 Å². The van der Waals surface area contributed by atoms with Crippen molar-refractivity contribution in [1.82, 2.24) is 4.98 Å². The first-order chi connectivity index (χ1) is 13.2. The van der Waals surface area contributed by atoms with E-state index in [1.165, 1.54) is 13.0 Å². The molecular formula is C20H23F3N2O3S. The Morgan fingerprint density at radius 2 is 1.76 bits per heavy atom. The van der Waals surface area contributed by atoms with E-state index in [1.54, 1.807) is 0 Å². The number of carbonyl (C=O) groups is 1. The molecule has 2 rings (SSSR count). The molecule has 0 aliphatic rings. The number of benzene rings is 1. The maximum absolute atomic E-state index is 14.6. The summed E-state index contributed by atoms with van der Waals surface area (Å²) in [6.07, 6.45) is 1.26. The quantitative estimate of drug-likeness (QED) is 0.708. The Kier molecular flexibility index (Phi) is 6.42. The number of hydrogen-bond acceptors (Lipinski definition) is 4. The number of rotatable bonds is 6. The molecular weight excluding hydrogens is 405 g/mol. The minimum absolute atomic E-state index is 0.0488. The van der Waals surface area contributed by atoms with Crippen molar-refractivity contribution in [3.63, 3.8) is 0 Å². The van der Waals surface area contributed by atoms with E-state index in [2.05, 4.69) is 4.98 Å². The Morgan fingerprint density at radius 1 is 1.17 bits per heavy atom. The Labute approximate surface area is 168 Å². The van der Waals surface area contributed by atoms with Crippen LogP contribution in [0.4, 0.5) is 13.2 Å². The van der Waals surface area contributed by atoms with E-state index >= 15 is 0 Å². The summed E-state index contributed by atoms with van der Waals surface area (Å²) in [5, 5.41) is -1.82. The van der Waals surface area contributed by atoms with Gasteiger partial charge < -0.3 is 5.73 Å². The lowest BCUT2D eigenvalue weighted by Gasteiger charge is -2.24. The number of aromatic nitrogens is 1. The average Bonchev–Trinajstić information content (AvgIpc) is 2.60. The summed E-state index contributed by atoms with van der Waals surface area (Å²) >= 11 is 0. The molecule has 1 atom stereocenters. The third-order valence-corrected chi connectivity index (χ3v) is 6.50. The van der Waals surface area contributed by atoms with Crippen LogP contribution in [0, 0.1) is 29.8 Å². The van der Waals surface area contributed by atoms with Crippen molar-refractivity contribution < 1.29 is 26.4 Å². The molecule has 0 saturated carbocycles. The molecule has 0 saturated heterocycles. The molecule has 0 spiro atoms. The summed E-state index contributed by atoms with van der Waals surface area (Å²) < 4.78 is 69.3. The van der Waals surface area contributed by atoms with Crippen molar-refractivity contribution in [3.8, 4) is 0 Å². The number of carbonyl (C=O) groups excluding carboxylic acids is 1. The molecule has 2 N–H and O–H groups in total. The van der Waals surface area contributed by atoms with Crippen molar-refractivity contribution in [2.24, 2.45) is 11.1 Å². The molecule has 2 aromatic rings. The van der Waals surface area contributed by atoms with Crippen molar-refractivity contribution in [2.45, 2.75) is 39.4 Å². The topological polar surface area (TPSA) is 90.1 Å². The molecule has 9 heteroatoms. The smallest absolute Gasteiger partial charge is 0.267 e. The zero-order chi connectivity index (χ0) is 22.1. The summed E-state index contributed by atoms with van der Waals surface area (Å²) in [5.74, 6) is -5.35. The van der Waals surface area contributed by atoms with Gasteiger partial charge in [-0.2, -0.15) is 0 Å². The SMILES string of the molecule is Cc1cc(C(N)=O)ncc1C(c1c(F)ccc(F)c1F)S(=O)(=O)CCC(C)(C)C. The van der Waals surface area contributed by atoms with E-state index in [9.17, 15) is 26.4 Å². The molecule has 1 aromatic heterocycles. The van der Waals surface area contributed by atoms with Crippen LogP contribution in [0.15, 0.2) is 24.4 Å². The molecule has 1 aromatic carbocycles. The van der Waals surface area contributed by atoms with Gasteiger partial charge in [0.25, 0.3) is 5.91 Å². The van der Waals surface area contributed by atoms with Crippen LogP contribution in [0.1, 0.15) is 59.6 Å². The van der Waals surface area contributed by atoms with Gasteiger partial charge in [-0.3, -0.25) is 9.78 Å². The van der Waals surface area contributed by atoms with Gasteiger partial charge in [-0.05, 0) is 48.1 Å². The molecule has 5 nitrogen and oxygen atoms in total. The first-order valence-corrected chi connectivity index (χ1v) is 10.6. The lowest BCUT2D eigenvalue weighted by Crippen LogP contribution is -2.25. The zero-order valence-electron chi connectivity index (χ0n) is 16.6. The second kappa shape index (κ2) is 8.14. The Bertz CT molecular complexity index is 1050. The zero-order valence-corrected chi connectivity index (χ0v) is 17.4. The third kappa shape index (κ3) is 5.14. The Balaban J connectivity index is 2.75. The van der Waals surface area contributed by atoms with Gasteiger partial charge in [0.1, 0.15) is 16.8 Å². The van der Waals surface area contributed by atoms with Gasteiger partial charge in [-0.1, -0.05) is 20.8 Å². The number of pyridine rings is 1. The fourth-order valence-corrected chi connectivity index (χ4v) is 5.20. The van der Waals surface area contributed by atoms with Crippen molar-refractivity contribution in [2.75, 3.05) is 5.75 Å². The largest absolute Gasteiger partial charge is 0.364 e. The normalized spacial score (nSPS) is 13.3. The number of amides is 1. The van der Waals surface area contributed by atoms with Crippen molar-refractivity contribution in [1.29, 1.82) is 0 Å². The van der Waals surface area contributed by atoms with Crippen LogP contribution in [0.5, 0.6) is 0 Å². The predicted octanol–water partition coefficient (Wildman–Crippen LogP) is 3.85. The highest BCUT2D eigenvalue weighted by atomic mass is 32.2. The fraction of sp³-hybridized carbons (Fsp3) is 0.400. The van der Waals surface area contributed by atoms with E-state index in [1.807, 2.05) is 20.8 Å². The number of primary amides is 1. The fourth-order valence-electron chi connectivity index (χ4n) is 2.85. The van der Waals surface area contributed by atoms with E-state index in [4.69, 9.17) is 5.73 Å². The maximum atomic E-state index is 14.6. The van der Waals surface area contributed by atoms with Gasteiger partial charge in [0.2, 0.25) is 0 Å². The van der Waals surface area contributed by atoms with Gasteiger partial charge >= 0.3 is 0 Å². The van der Waals surface area contributed by atoms with Gasteiger partial charge in [0.05, 0.1) is 5.75 Å². The third-order valence-electron chi connectivity index (χ3n) is 4.52. The summed E-state index contributed by atoms with van der Waals surface area (Å²) in [6.45, 7) is 6.95. The molecule has 29 heavy (non-hydrogen) atoms. The van der Waals surface area contributed by atoms with Crippen LogP contribution in [-0.4, -0.2) is 25.1 Å². The molecule has 1 unspecified atom stereocenters. The second-order valence-electron chi connectivity index (χ2n) is 8.10. The molecule has 158 valence electrons. The predicted molar refractivity (Wildman–Crippen MR) is 104 cm³/mol. The number of nitrogens with zero attached hydrogens (tertiary/aromatic N) is 1. The lowest BCUT2D eigenvalue weighted by molar-refractivity contribution is 0.0995. The summed E-state index contributed by atoms with van der Waals surface area (Å²) in [4.78, 5) is 15.2. The van der Waals surface area contributed by atoms with Crippen molar-refractivity contribution in [3.05, 3.63) is 64.2 Å². The highest BCUT2D eigenvalue weighted by Gasteiger charge is 2.36. The van der Waals surface area contributed by atoms with Gasteiger partial charge in [-0.15, -0.1) is 0 Å². The number of sulfone groups is 1. The van der Waals surface area contributed by atoms with E-state index in [0.717, 1.165) is 6.20 Å². The van der Waals surface area contributed by atoms with Gasteiger partial charge in [-0.25, -0.2) is 21.6 Å². The molecule has 0 aliphatic heterocycles. The summed E-state index contributed by atoms with van der Waals surface area (Å²) in [6, 6.07) is 2.51. The van der Waals surface area contributed by atoms with Gasteiger partial charge in [0.15, 0.2) is 21.5 Å². The van der Waals surface area contributed by atoms with E-state index < -0.39 is 44.0 Å². The minimum atomic E-state index is -4.18. The highest BCUT2D eigenvalue weighted by Crippen LogP contribution is 2.37. The van der Waals surface area contributed by atoms with Crippen LogP contribution >= 0.6 is 0 Å². The molecule has 0 radical (unpaired) electrons. The first-order valence-electron chi connectivity index (χ1n) is 8.86. The number of nitrogens with two attached hydrogens (primary N) is 1. The molecule has 1 amide bonds. The highest BCUT2D eigenvalue weighted by molar-refractivity contribution is 7.91. The number of halogens is 3. The second-order valence-corrected chi connectivity index (χ2v) is 10.3. The number of hydrogen-bond donors (Lipinski definition) is 1. The van der Waals surface area contributed by atoms with Crippen molar-refractivity contribution >= 4 is 15.7 Å². The summed E-state index contributed by atoms with van der Waals surface area (Å²) in [5.41, 5.74) is 3.97. The Hall–Kier alpha value is -2.42. The maximum Gasteiger partial charge on any atom is 0.267 e. The van der Waals surface area contributed by atoms with E-state index in [-0.39, 0.29) is 34.4 Å². The minimum Gasteiger partial charge on any atom is -0.364 e. The van der Waals surface area contributed by atoms with Crippen LogP contribution in [0.25, 0.3) is 0 Å². The average molecular weight is 428 g/mol. The molecule has 1 heterocycles. The molecule has 0 fully saturated rings. The van der Waals surface area contributed by atoms with Crippen LogP contribution < -0.4 is 5.73 Å². The molecule has 0 aliphatic carbocycles. The van der Waals surface area contributed by atoms with Crippen LogP contribution in [0.3, 0.4) is 0 Å². The van der Waals surface area contributed by atoms with Crippen LogP contribution in [0.2, 0.25) is 0 Å². The number of aryl methyl sites for hydroxylation is 1. The lowest BCUT2D eigenvalue weighted by atomic mass is 9.94. The standard InChI is InChI=1S/C20H23F3N2O3S/c1-11-9-15(19(24)26)25-10-12(11)18(29(27,28)8-7-20(2,3)4)16-13(21)5-6-14(22)17(16)23/h5-6,9-10,18H,7-8H2,1-4H3,(H2,24,26). The monoisotopic (exact) mass is 428 g/mol. The molecule has 0 bridgehead atoms.